The molecule has 74 valence electrons. The molecule has 5 atom stereocenters. The first-order chi connectivity index (χ1) is 6.31. The van der Waals surface area contributed by atoms with E-state index in [0.29, 0.717) is 12.0 Å². The smallest absolute Gasteiger partial charge is 0.157 e. The summed E-state index contributed by atoms with van der Waals surface area (Å²) in [4.78, 5) is 0. The predicted molar refractivity (Wildman–Crippen MR) is 49.1 cm³/mol. The van der Waals surface area contributed by atoms with Gasteiger partial charge < -0.3 is 9.84 Å². The Hall–Kier alpha value is -0.0800. The van der Waals surface area contributed by atoms with E-state index in [-0.39, 0.29) is 0 Å². The van der Waals surface area contributed by atoms with Crippen molar-refractivity contribution in [3.05, 3.63) is 0 Å². The van der Waals surface area contributed by atoms with Crippen molar-refractivity contribution >= 4 is 0 Å². The van der Waals surface area contributed by atoms with Gasteiger partial charge in [0.1, 0.15) is 0 Å². The maximum absolute atomic E-state index is 9.80. The minimum atomic E-state index is -0.450. The Labute approximate surface area is 79.3 Å². The molecule has 1 aliphatic heterocycles. The Morgan fingerprint density at radius 3 is 2.69 bits per heavy atom. The molecule has 0 amide bonds. The fourth-order valence-corrected chi connectivity index (χ4v) is 3.61. The van der Waals surface area contributed by atoms with Crippen molar-refractivity contribution in [1.29, 1.82) is 0 Å². The Morgan fingerprint density at radius 1 is 0.923 bits per heavy atom. The van der Waals surface area contributed by atoms with E-state index in [9.17, 15) is 5.11 Å². The van der Waals surface area contributed by atoms with Crippen molar-refractivity contribution < 1.29 is 9.84 Å². The van der Waals surface area contributed by atoms with Gasteiger partial charge in [-0.3, -0.25) is 0 Å². The van der Waals surface area contributed by atoms with Crippen molar-refractivity contribution in [3.63, 3.8) is 0 Å². The number of aliphatic hydroxyl groups excluding tert-OH is 1. The molecule has 0 radical (unpaired) electrons. The van der Waals surface area contributed by atoms with Crippen LogP contribution in [0.2, 0.25) is 0 Å². The lowest BCUT2D eigenvalue weighted by molar-refractivity contribution is -0.171. The first-order valence-electron chi connectivity index (χ1n) is 5.65. The summed E-state index contributed by atoms with van der Waals surface area (Å²) < 4.78 is 5.67. The molecule has 2 aliphatic carbocycles. The highest BCUT2D eigenvalue weighted by Crippen LogP contribution is 2.45. The van der Waals surface area contributed by atoms with Gasteiger partial charge in [0.15, 0.2) is 6.29 Å². The zero-order chi connectivity index (χ0) is 8.84. The molecule has 0 aromatic heterocycles. The van der Waals surface area contributed by atoms with Crippen LogP contribution in [0.1, 0.15) is 38.5 Å². The Morgan fingerprint density at radius 2 is 1.77 bits per heavy atom. The first-order valence-corrected chi connectivity index (χ1v) is 5.65. The largest absolute Gasteiger partial charge is 0.368 e. The summed E-state index contributed by atoms with van der Waals surface area (Å²) in [6.07, 6.45) is 7.49. The molecule has 2 saturated carbocycles. The van der Waals surface area contributed by atoms with Gasteiger partial charge in [-0.1, -0.05) is 0 Å². The van der Waals surface area contributed by atoms with Gasteiger partial charge in [-0.15, -0.1) is 0 Å². The van der Waals surface area contributed by atoms with E-state index in [1.54, 1.807) is 0 Å². The summed E-state index contributed by atoms with van der Waals surface area (Å²) >= 11 is 0. The van der Waals surface area contributed by atoms with Gasteiger partial charge in [0, 0.05) is 5.92 Å². The molecule has 3 rings (SSSR count). The molecule has 13 heavy (non-hydrogen) atoms. The van der Waals surface area contributed by atoms with Gasteiger partial charge in [0.05, 0.1) is 6.10 Å². The van der Waals surface area contributed by atoms with Crippen LogP contribution in [0.4, 0.5) is 0 Å². The number of hydrogen-bond acceptors (Lipinski definition) is 2. The third-order valence-electron chi connectivity index (χ3n) is 4.18. The number of hydrogen-bond donors (Lipinski definition) is 1. The van der Waals surface area contributed by atoms with E-state index in [4.69, 9.17) is 4.74 Å². The molecule has 3 aliphatic rings. The summed E-state index contributed by atoms with van der Waals surface area (Å²) in [5, 5.41) is 9.80. The van der Waals surface area contributed by atoms with Gasteiger partial charge in [0.2, 0.25) is 0 Å². The third kappa shape index (κ3) is 1.40. The average Bonchev–Trinajstić information content (AvgIpc) is 2.29. The highest BCUT2D eigenvalue weighted by molar-refractivity contribution is 4.88. The molecular formula is C11H18O2. The number of fused-ring (bicyclic) bond motifs is 3. The normalized spacial score (nSPS) is 54.7. The second kappa shape index (κ2) is 2.96. The van der Waals surface area contributed by atoms with Crippen molar-refractivity contribution in [2.24, 2.45) is 17.8 Å². The van der Waals surface area contributed by atoms with Crippen LogP contribution in [-0.2, 0) is 4.74 Å². The maximum Gasteiger partial charge on any atom is 0.157 e. The number of aliphatic hydroxyl groups is 1. The van der Waals surface area contributed by atoms with Gasteiger partial charge in [-0.2, -0.15) is 0 Å². The quantitative estimate of drug-likeness (QED) is 0.620. The fraction of sp³-hybridized carbons (Fsp3) is 1.00. The molecule has 4 bridgehead atoms. The van der Waals surface area contributed by atoms with Crippen LogP contribution in [0.15, 0.2) is 0 Å². The monoisotopic (exact) mass is 182 g/mol. The topological polar surface area (TPSA) is 29.5 Å². The molecule has 2 nitrogen and oxygen atoms in total. The lowest BCUT2D eigenvalue weighted by atomic mass is 9.79. The molecule has 2 heteroatoms. The van der Waals surface area contributed by atoms with Gasteiger partial charge >= 0.3 is 0 Å². The Balaban J connectivity index is 1.89. The minimum absolute atomic E-state index is 0.379. The van der Waals surface area contributed by atoms with Crippen LogP contribution in [0, 0.1) is 17.8 Å². The summed E-state index contributed by atoms with van der Waals surface area (Å²) in [7, 11) is 0. The summed E-state index contributed by atoms with van der Waals surface area (Å²) in [6.45, 7) is 0. The van der Waals surface area contributed by atoms with E-state index < -0.39 is 6.29 Å². The Bertz CT molecular complexity index is 202. The van der Waals surface area contributed by atoms with E-state index in [1.807, 2.05) is 0 Å². The SMILES string of the molecule is OC1OC2CC3CCC1CC(C3)C2. The summed E-state index contributed by atoms with van der Waals surface area (Å²) in [6, 6.07) is 0. The first kappa shape index (κ1) is 8.25. The molecule has 3 fully saturated rings. The molecule has 0 spiro atoms. The number of ether oxygens (including phenoxy) is 1. The lowest BCUT2D eigenvalue weighted by Crippen LogP contribution is -2.31. The van der Waals surface area contributed by atoms with Gasteiger partial charge in [-0.25, -0.2) is 0 Å². The van der Waals surface area contributed by atoms with E-state index in [1.165, 1.54) is 38.5 Å². The zero-order valence-corrected chi connectivity index (χ0v) is 7.98. The molecule has 1 saturated heterocycles. The highest BCUT2D eigenvalue weighted by Gasteiger charge is 2.40. The van der Waals surface area contributed by atoms with Crippen molar-refractivity contribution in [2.45, 2.75) is 50.9 Å². The molecule has 0 aromatic carbocycles. The number of rotatable bonds is 0. The second-order valence-electron chi connectivity index (χ2n) is 5.16. The molecular weight excluding hydrogens is 164 g/mol. The van der Waals surface area contributed by atoms with Crippen LogP contribution in [0.5, 0.6) is 0 Å². The predicted octanol–water partition coefficient (Wildman–Crippen LogP) is 1.92. The van der Waals surface area contributed by atoms with Crippen molar-refractivity contribution in [1.82, 2.24) is 0 Å². The van der Waals surface area contributed by atoms with Crippen molar-refractivity contribution in [2.75, 3.05) is 0 Å². The summed E-state index contributed by atoms with van der Waals surface area (Å²) in [5.74, 6) is 2.20. The highest BCUT2D eigenvalue weighted by atomic mass is 16.6. The van der Waals surface area contributed by atoms with E-state index in [0.717, 1.165) is 11.8 Å². The second-order valence-corrected chi connectivity index (χ2v) is 5.16. The van der Waals surface area contributed by atoms with Crippen LogP contribution < -0.4 is 0 Å². The van der Waals surface area contributed by atoms with Gasteiger partial charge in [-0.05, 0) is 50.4 Å². The lowest BCUT2D eigenvalue weighted by Gasteiger charge is -2.33. The molecule has 5 unspecified atom stereocenters. The Kier molecular flexibility index (Phi) is 1.88. The maximum atomic E-state index is 9.80. The van der Waals surface area contributed by atoms with E-state index >= 15 is 0 Å². The molecule has 0 aromatic rings. The summed E-state index contributed by atoms with van der Waals surface area (Å²) in [5.41, 5.74) is 0. The molecule has 1 heterocycles. The molecule has 1 N–H and O–H groups in total. The van der Waals surface area contributed by atoms with Gasteiger partial charge in [0.25, 0.3) is 0 Å². The van der Waals surface area contributed by atoms with Crippen LogP contribution >= 0.6 is 0 Å². The van der Waals surface area contributed by atoms with Crippen molar-refractivity contribution in [3.8, 4) is 0 Å². The minimum Gasteiger partial charge on any atom is -0.368 e. The van der Waals surface area contributed by atoms with Crippen LogP contribution in [-0.4, -0.2) is 17.5 Å². The standard InChI is InChI=1S/C11H18O2/c12-11-9-2-1-7-3-8(4-9)6-10(5-7)13-11/h7-12H,1-6H2. The fourth-order valence-electron chi connectivity index (χ4n) is 3.61. The third-order valence-corrected chi connectivity index (χ3v) is 4.18. The van der Waals surface area contributed by atoms with E-state index in [2.05, 4.69) is 0 Å². The zero-order valence-electron chi connectivity index (χ0n) is 7.98. The van der Waals surface area contributed by atoms with Crippen LogP contribution in [0.25, 0.3) is 0 Å². The van der Waals surface area contributed by atoms with Crippen LogP contribution in [0.3, 0.4) is 0 Å². The average molecular weight is 182 g/mol.